The molecule has 0 heterocycles. The lowest BCUT2D eigenvalue weighted by molar-refractivity contribution is -0.126. The van der Waals surface area contributed by atoms with Gasteiger partial charge in [-0.3, -0.25) is 0 Å². The number of hydrogen-bond donors (Lipinski definition) is 5. The first-order valence-corrected chi connectivity index (χ1v) is 3.86. The molecule has 0 aliphatic rings. The number of aliphatic hydroxyl groups is 5. The molecule has 80 valence electrons. The van der Waals surface area contributed by atoms with Crippen LogP contribution >= 0.6 is 0 Å². The number of ether oxygens (including phenoxy) is 1. The Morgan fingerprint density at radius 3 is 1.85 bits per heavy atom. The molecule has 0 fully saturated rings. The van der Waals surface area contributed by atoms with E-state index in [0.717, 1.165) is 0 Å². The second-order valence-electron chi connectivity index (χ2n) is 2.75. The summed E-state index contributed by atoms with van der Waals surface area (Å²) < 4.78 is 4.52. The molecule has 0 aromatic carbocycles. The summed E-state index contributed by atoms with van der Waals surface area (Å²) in [4.78, 5) is 0. The molecule has 13 heavy (non-hydrogen) atoms. The third-order valence-corrected chi connectivity index (χ3v) is 1.66. The summed E-state index contributed by atoms with van der Waals surface area (Å²) in [7, 11) is 1.32. The quantitative estimate of drug-likeness (QED) is 0.311. The van der Waals surface area contributed by atoms with E-state index in [2.05, 4.69) is 4.74 Å². The van der Waals surface area contributed by atoms with Crippen LogP contribution in [-0.2, 0) is 4.74 Å². The molecule has 0 aliphatic carbocycles. The number of hydrogen-bond acceptors (Lipinski definition) is 6. The van der Waals surface area contributed by atoms with Crippen LogP contribution in [0.15, 0.2) is 0 Å². The van der Waals surface area contributed by atoms with E-state index in [1.165, 1.54) is 7.11 Å². The predicted molar refractivity (Wildman–Crippen MR) is 43.0 cm³/mol. The van der Waals surface area contributed by atoms with E-state index in [-0.39, 0.29) is 6.61 Å². The minimum absolute atomic E-state index is 0.156. The zero-order valence-electron chi connectivity index (χ0n) is 7.37. The van der Waals surface area contributed by atoms with E-state index in [0.29, 0.717) is 0 Å². The number of rotatable bonds is 6. The molecule has 4 atom stereocenters. The first-order chi connectivity index (χ1) is 6.04. The molecule has 6 nitrogen and oxygen atoms in total. The first-order valence-electron chi connectivity index (χ1n) is 3.86. The van der Waals surface area contributed by atoms with Crippen LogP contribution in [0.1, 0.15) is 0 Å². The molecule has 0 spiro atoms. The molecule has 0 radical (unpaired) electrons. The lowest BCUT2D eigenvalue weighted by Gasteiger charge is -2.24. The van der Waals surface area contributed by atoms with Crippen LogP contribution in [-0.4, -0.2) is 70.3 Å². The first kappa shape index (κ1) is 12.8. The van der Waals surface area contributed by atoms with Gasteiger partial charge in [0.1, 0.15) is 24.4 Å². The highest BCUT2D eigenvalue weighted by atomic mass is 16.5. The van der Waals surface area contributed by atoms with Crippen molar-refractivity contribution in [2.45, 2.75) is 24.4 Å². The van der Waals surface area contributed by atoms with Gasteiger partial charge in [-0.05, 0) is 0 Å². The fourth-order valence-electron chi connectivity index (χ4n) is 0.833. The van der Waals surface area contributed by atoms with Crippen LogP contribution < -0.4 is 0 Å². The van der Waals surface area contributed by atoms with Gasteiger partial charge in [0.05, 0.1) is 13.2 Å². The van der Waals surface area contributed by atoms with Gasteiger partial charge in [0.15, 0.2) is 0 Å². The Bertz CT molecular complexity index is 130. The number of methoxy groups -OCH3 is 1. The van der Waals surface area contributed by atoms with Crippen molar-refractivity contribution in [2.24, 2.45) is 0 Å². The molecule has 5 N–H and O–H groups in total. The predicted octanol–water partition coefficient (Wildman–Crippen LogP) is -2.93. The van der Waals surface area contributed by atoms with Gasteiger partial charge in [0.25, 0.3) is 0 Å². The number of aliphatic hydroxyl groups excluding tert-OH is 5. The van der Waals surface area contributed by atoms with Crippen molar-refractivity contribution in [1.82, 2.24) is 0 Å². The van der Waals surface area contributed by atoms with Crippen molar-refractivity contribution in [3.8, 4) is 0 Å². The highest BCUT2D eigenvalue weighted by Crippen LogP contribution is 2.04. The van der Waals surface area contributed by atoms with Gasteiger partial charge in [-0.15, -0.1) is 0 Å². The smallest absolute Gasteiger partial charge is 0.111 e. The second kappa shape index (κ2) is 6.25. The molecule has 0 aromatic rings. The van der Waals surface area contributed by atoms with Crippen LogP contribution in [0.3, 0.4) is 0 Å². The minimum Gasteiger partial charge on any atom is -0.394 e. The fraction of sp³-hybridized carbons (Fsp3) is 1.00. The van der Waals surface area contributed by atoms with E-state index in [9.17, 15) is 0 Å². The average molecular weight is 196 g/mol. The van der Waals surface area contributed by atoms with Gasteiger partial charge >= 0.3 is 0 Å². The molecule has 6 heteroatoms. The van der Waals surface area contributed by atoms with Crippen LogP contribution in [0.2, 0.25) is 0 Å². The third kappa shape index (κ3) is 3.99. The fourth-order valence-corrected chi connectivity index (χ4v) is 0.833. The Hall–Kier alpha value is -0.240. The van der Waals surface area contributed by atoms with Crippen molar-refractivity contribution in [2.75, 3.05) is 20.3 Å². The molecule has 0 bridgehead atoms. The van der Waals surface area contributed by atoms with Gasteiger partial charge in [0, 0.05) is 7.11 Å². The Morgan fingerprint density at radius 1 is 1.00 bits per heavy atom. The minimum atomic E-state index is -1.59. The van der Waals surface area contributed by atoms with Crippen molar-refractivity contribution in [3.63, 3.8) is 0 Å². The van der Waals surface area contributed by atoms with Crippen LogP contribution in [0.5, 0.6) is 0 Å². The maximum Gasteiger partial charge on any atom is 0.111 e. The van der Waals surface area contributed by atoms with Crippen LogP contribution in [0.25, 0.3) is 0 Å². The van der Waals surface area contributed by atoms with Gasteiger partial charge in [-0.1, -0.05) is 0 Å². The lowest BCUT2D eigenvalue weighted by atomic mass is 10.0. The standard InChI is InChI=1S/C7H16O6/c1-13-3-5(10)7(12)6(11)4(9)2-8/h4-12H,2-3H2,1H3. The molecular formula is C7H16O6. The van der Waals surface area contributed by atoms with Crippen molar-refractivity contribution in [1.29, 1.82) is 0 Å². The Kier molecular flexibility index (Phi) is 6.13. The zero-order chi connectivity index (χ0) is 10.4. The highest BCUT2D eigenvalue weighted by Gasteiger charge is 2.29. The van der Waals surface area contributed by atoms with E-state index in [4.69, 9.17) is 25.5 Å². The largest absolute Gasteiger partial charge is 0.394 e. The summed E-state index contributed by atoms with van der Waals surface area (Å²) in [6, 6.07) is 0. The van der Waals surface area contributed by atoms with Gasteiger partial charge in [0.2, 0.25) is 0 Å². The normalized spacial score (nSPS) is 20.8. The Morgan fingerprint density at radius 2 is 1.46 bits per heavy atom. The van der Waals surface area contributed by atoms with Gasteiger partial charge < -0.3 is 30.3 Å². The van der Waals surface area contributed by atoms with E-state index >= 15 is 0 Å². The molecular weight excluding hydrogens is 180 g/mol. The summed E-state index contributed by atoms with van der Waals surface area (Å²) >= 11 is 0. The molecule has 0 aromatic heterocycles. The highest BCUT2D eigenvalue weighted by molar-refractivity contribution is 4.80. The van der Waals surface area contributed by atoms with Crippen LogP contribution in [0, 0.1) is 0 Å². The zero-order valence-corrected chi connectivity index (χ0v) is 7.37. The monoisotopic (exact) mass is 196 g/mol. The topological polar surface area (TPSA) is 110 Å². The van der Waals surface area contributed by atoms with Gasteiger partial charge in [-0.2, -0.15) is 0 Å². The Labute approximate surface area is 76.0 Å². The molecule has 0 amide bonds. The van der Waals surface area contributed by atoms with E-state index < -0.39 is 31.0 Å². The molecule has 0 saturated carbocycles. The molecule has 4 unspecified atom stereocenters. The van der Waals surface area contributed by atoms with E-state index in [1.807, 2.05) is 0 Å². The third-order valence-electron chi connectivity index (χ3n) is 1.66. The summed E-state index contributed by atoms with van der Waals surface area (Å²) in [6.07, 6.45) is -5.89. The summed E-state index contributed by atoms with van der Waals surface area (Å²) in [5.41, 5.74) is 0. The second-order valence-corrected chi connectivity index (χ2v) is 2.75. The molecule has 0 saturated heterocycles. The van der Waals surface area contributed by atoms with E-state index in [1.54, 1.807) is 0 Å². The maximum absolute atomic E-state index is 9.17. The molecule has 0 rings (SSSR count). The van der Waals surface area contributed by atoms with Crippen molar-refractivity contribution < 1.29 is 30.3 Å². The Balaban J connectivity index is 3.99. The summed E-state index contributed by atoms with van der Waals surface area (Å²) in [6.45, 7) is -0.839. The average Bonchev–Trinajstić information content (AvgIpc) is 2.14. The van der Waals surface area contributed by atoms with Crippen molar-refractivity contribution >= 4 is 0 Å². The summed E-state index contributed by atoms with van der Waals surface area (Å²) in [5, 5.41) is 44.7. The maximum atomic E-state index is 9.17. The van der Waals surface area contributed by atoms with Crippen LogP contribution in [0.4, 0.5) is 0 Å². The summed E-state index contributed by atoms with van der Waals surface area (Å²) in [5.74, 6) is 0. The molecule has 0 aliphatic heterocycles. The van der Waals surface area contributed by atoms with Crippen molar-refractivity contribution in [3.05, 3.63) is 0 Å². The SMILES string of the molecule is COCC(O)C(O)C(O)C(O)CO. The van der Waals surface area contributed by atoms with Gasteiger partial charge in [-0.25, -0.2) is 0 Å². The lowest BCUT2D eigenvalue weighted by Crippen LogP contribution is -2.47.